The number of aryl methyl sites for hydroxylation is 1. The van der Waals surface area contributed by atoms with Crippen LogP contribution in [-0.4, -0.2) is 21.5 Å². The number of hydrogen-bond acceptors (Lipinski definition) is 5. The van der Waals surface area contributed by atoms with Gasteiger partial charge in [0.15, 0.2) is 5.78 Å². The molecule has 1 aliphatic rings. The topological polar surface area (TPSA) is 92.8 Å². The Labute approximate surface area is 137 Å². The van der Waals surface area contributed by atoms with Crippen LogP contribution in [-0.2, 0) is 4.79 Å². The summed E-state index contributed by atoms with van der Waals surface area (Å²) in [5.74, 6) is -0.618. The maximum absolute atomic E-state index is 12.0. The highest BCUT2D eigenvalue weighted by atomic mass is 16.6. The number of nitro benzene ring substituents is 1. The molecule has 6 heteroatoms. The molecule has 0 heterocycles. The van der Waals surface area contributed by atoms with Gasteiger partial charge in [0.25, 0.3) is 5.69 Å². The van der Waals surface area contributed by atoms with Crippen molar-refractivity contribution >= 4 is 28.6 Å². The molecule has 0 unspecified atom stereocenters. The highest BCUT2D eigenvalue weighted by molar-refractivity contribution is 6.36. The van der Waals surface area contributed by atoms with Gasteiger partial charge < -0.3 is 5.11 Å². The Kier molecular flexibility index (Phi) is 3.73. The summed E-state index contributed by atoms with van der Waals surface area (Å²) < 4.78 is 0. The number of aliphatic hydroxyl groups excluding tert-OH is 1. The number of Topliss-reactive ketones (excluding diaryl/α,β-unsaturated/α-hetero) is 1. The van der Waals surface area contributed by atoms with E-state index >= 15 is 0 Å². The number of hydrogen-bond donors (Lipinski definition) is 1. The van der Waals surface area contributed by atoms with Gasteiger partial charge in [-0.15, -0.1) is 0 Å². The van der Waals surface area contributed by atoms with Gasteiger partial charge in [0.2, 0.25) is 0 Å². The minimum atomic E-state index is -0.544. The second-order valence-corrected chi connectivity index (χ2v) is 5.51. The van der Waals surface area contributed by atoms with E-state index < -0.39 is 4.92 Å². The van der Waals surface area contributed by atoms with Gasteiger partial charge in [-0.05, 0) is 31.5 Å². The predicted molar refractivity (Wildman–Crippen MR) is 90.7 cm³/mol. The summed E-state index contributed by atoms with van der Waals surface area (Å²) >= 11 is 0. The molecule has 1 aliphatic carbocycles. The van der Waals surface area contributed by atoms with E-state index in [4.69, 9.17) is 0 Å². The van der Waals surface area contributed by atoms with Crippen LogP contribution in [0.2, 0.25) is 0 Å². The molecule has 0 saturated heterocycles. The number of carbonyl (C=O) groups excluding carboxylic acids is 1. The smallest absolute Gasteiger partial charge is 0.270 e. The monoisotopic (exact) mass is 322 g/mol. The number of para-hydroxylation sites is 1. The van der Waals surface area contributed by atoms with E-state index in [9.17, 15) is 20.0 Å². The van der Waals surface area contributed by atoms with Gasteiger partial charge in [0, 0.05) is 23.3 Å². The number of benzene rings is 2. The van der Waals surface area contributed by atoms with Crippen LogP contribution in [0.1, 0.15) is 23.6 Å². The van der Waals surface area contributed by atoms with Crippen molar-refractivity contribution in [2.45, 2.75) is 13.8 Å². The Morgan fingerprint density at radius 1 is 1.17 bits per heavy atom. The summed E-state index contributed by atoms with van der Waals surface area (Å²) in [7, 11) is 0. The molecule has 3 rings (SSSR count). The first-order valence-corrected chi connectivity index (χ1v) is 7.28. The molecule has 0 amide bonds. The lowest BCUT2D eigenvalue weighted by atomic mass is 10.0. The molecule has 0 aromatic heterocycles. The van der Waals surface area contributed by atoms with Crippen molar-refractivity contribution < 1.29 is 14.8 Å². The predicted octanol–water partition coefficient (Wildman–Crippen LogP) is 3.90. The van der Waals surface area contributed by atoms with Crippen LogP contribution in [0.3, 0.4) is 0 Å². The Morgan fingerprint density at radius 2 is 1.88 bits per heavy atom. The van der Waals surface area contributed by atoms with E-state index in [1.807, 2.05) is 25.1 Å². The summed E-state index contributed by atoms with van der Waals surface area (Å²) in [5, 5.41) is 21.3. The molecule has 120 valence electrons. The Balaban J connectivity index is 2.26. The molecule has 0 fully saturated rings. The first-order valence-electron chi connectivity index (χ1n) is 7.28. The molecule has 0 radical (unpaired) electrons. The third-order valence-electron chi connectivity index (χ3n) is 3.90. The van der Waals surface area contributed by atoms with Crippen molar-refractivity contribution in [3.05, 3.63) is 74.8 Å². The zero-order valence-corrected chi connectivity index (χ0v) is 13.1. The van der Waals surface area contributed by atoms with Gasteiger partial charge in [-0.3, -0.25) is 14.9 Å². The molecule has 6 nitrogen and oxygen atoms in total. The number of allylic oxidation sites excluding steroid dienone is 1. The lowest BCUT2D eigenvalue weighted by Crippen LogP contribution is -2.08. The third-order valence-corrected chi connectivity index (χ3v) is 3.90. The number of aliphatic hydroxyl groups is 1. The highest BCUT2D eigenvalue weighted by Gasteiger charge is 2.32. The van der Waals surface area contributed by atoms with E-state index in [1.54, 1.807) is 6.07 Å². The number of rotatable bonds is 3. The van der Waals surface area contributed by atoms with Crippen LogP contribution in [0, 0.1) is 17.0 Å². The van der Waals surface area contributed by atoms with E-state index in [-0.39, 0.29) is 28.4 Å². The first-order chi connectivity index (χ1) is 11.4. The number of ketones is 1. The SMILES string of the molecule is CC(=O)C1=C(O)c2cc([N+](=O)[O-])ccc2C1=Nc1ccccc1C. The zero-order chi connectivity index (χ0) is 17.4. The van der Waals surface area contributed by atoms with Gasteiger partial charge in [-0.2, -0.15) is 0 Å². The maximum atomic E-state index is 12.0. The molecule has 0 saturated carbocycles. The summed E-state index contributed by atoms with van der Waals surface area (Å²) in [5.41, 5.74) is 2.61. The summed E-state index contributed by atoms with van der Waals surface area (Å²) in [6, 6.07) is 11.5. The number of fused-ring (bicyclic) bond motifs is 1. The molecular formula is C18H14N2O4. The van der Waals surface area contributed by atoms with Crippen LogP contribution >= 0.6 is 0 Å². The van der Waals surface area contributed by atoms with Gasteiger partial charge in [-0.1, -0.05) is 18.2 Å². The number of nitrogens with zero attached hydrogens (tertiary/aromatic N) is 2. The average Bonchev–Trinajstić information content (AvgIpc) is 2.81. The maximum Gasteiger partial charge on any atom is 0.270 e. The zero-order valence-electron chi connectivity index (χ0n) is 13.1. The average molecular weight is 322 g/mol. The van der Waals surface area contributed by atoms with Gasteiger partial charge >= 0.3 is 0 Å². The molecule has 0 atom stereocenters. The molecule has 2 aromatic rings. The second-order valence-electron chi connectivity index (χ2n) is 5.51. The Bertz CT molecular complexity index is 942. The summed E-state index contributed by atoms with van der Waals surface area (Å²) in [6.07, 6.45) is 0. The number of nitro groups is 1. The fourth-order valence-corrected chi connectivity index (χ4v) is 2.69. The summed E-state index contributed by atoms with van der Waals surface area (Å²) in [6.45, 7) is 3.22. The largest absolute Gasteiger partial charge is 0.506 e. The van der Waals surface area contributed by atoms with Crippen LogP contribution in [0.25, 0.3) is 5.76 Å². The van der Waals surface area contributed by atoms with Crippen molar-refractivity contribution in [2.75, 3.05) is 0 Å². The lowest BCUT2D eigenvalue weighted by Gasteiger charge is -2.05. The first kappa shape index (κ1) is 15.6. The van der Waals surface area contributed by atoms with Gasteiger partial charge in [-0.25, -0.2) is 4.99 Å². The summed E-state index contributed by atoms with van der Waals surface area (Å²) in [4.78, 5) is 26.9. The molecule has 0 bridgehead atoms. The normalized spacial score (nSPS) is 14.8. The third kappa shape index (κ3) is 2.48. The number of aliphatic imine (C=N–C) groups is 1. The molecule has 2 aromatic carbocycles. The van der Waals surface area contributed by atoms with Crippen LogP contribution < -0.4 is 0 Å². The fraction of sp³-hybridized carbons (Fsp3) is 0.111. The van der Waals surface area contributed by atoms with Crippen LogP contribution in [0.5, 0.6) is 0 Å². The molecule has 24 heavy (non-hydrogen) atoms. The fourth-order valence-electron chi connectivity index (χ4n) is 2.69. The van der Waals surface area contributed by atoms with Gasteiger partial charge in [0.1, 0.15) is 5.76 Å². The lowest BCUT2D eigenvalue weighted by molar-refractivity contribution is -0.384. The molecular weight excluding hydrogens is 308 g/mol. The standard InChI is InChI=1S/C18H14N2O4/c1-10-5-3-4-6-15(10)19-17-13-8-7-12(20(23)24)9-14(13)18(22)16(17)11(2)21/h3-9,22H,1-2H3. The van der Waals surface area contributed by atoms with Crippen LogP contribution in [0.15, 0.2) is 53.0 Å². The quantitative estimate of drug-likeness (QED) is 0.685. The van der Waals surface area contributed by atoms with E-state index in [0.717, 1.165) is 5.56 Å². The van der Waals surface area contributed by atoms with E-state index in [1.165, 1.54) is 25.1 Å². The number of carbonyl (C=O) groups is 1. The molecule has 0 spiro atoms. The van der Waals surface area contributed by atoms with E-state index in [0.29, 0.717) is 17.0 Å². The molecule has 1 N–H and O–H groups in total. The van der Waals surface area contributed by atoms with Crippen LogP contribution in [0.4, 0.5) is 11.4 Å². The minimum absolute atomic E-state index is 0.0775. The molecule has 0 aliphatic heterocycles. The highest BCUT2D eigenvalue weighted by Crippen LogP contribution is 2.36. The van der Waals surface area contributed by atoms with Crippen molar-refractivity contribution in [3.63, 3.8) is 0 Å². The van der Waals surface area contributed by atoms with Crippen molar-refractivity contribution in [1.82, 2.24) is 0 Å². The number of non-ortho nitro benzene ring substituents is 1. The Hall–Kier alpha value is -3.28. The Morgan fingerprint density at radius 3 is 2.50 bits per heavy atom. The van der Waals surface area contributed by atoms with Crippen molar-refractivity contribution in [1.29, 1.82) is 0 Å². The van der Waals surface area contributed by atoms with Crippen molar-refractivity contribution in [2.24, 2.45) is 4.99 Å². The minimum Gasteiger partial charge on any atom is -0.506 e. The van der Waals surface area contributed by atoms with Crippen molar-refractivity contribution in [3.8, 4) is 0 Å². The second kappa shape index (κ2) is 5.73. The van der Waals surface area contributed by atoms with Gasteiger partial charge in [0.05, 0.1) is 21.9 Å². The van der Waals surface area contributed by atoms with E-state index in [2.05, 4.69) is 4.99 Å².